The number of carbonyl (C=O) groups is 1. The van der Waals surface area contributed by atoms with Gasteiger partial charge in [0, 0.05) is 11.8 Å². The molecule has 1 aromatic carbocycles. The number of anilines is 3. The van der Waals surface area contributed by atoms with E-state index in [0.29, 0.717) is 5.82 Å². The van der Waals surface area contributed by atoms with Gasteiger partial charge in [0.2, 0.25) is 0 Å². The minimum Gasteiger partial charge on any atom is -0.497 e. The number of pyridine rings is 1. The lowest BCUT2D eigenvalue weighted by molar-refractivity contribution is 0.101. The van der Waals surface area contributed by atoms with Crippen LogP contribution in [0.2, 0.25) is 0 Å². The van der Waals surface area contributed by atoms with Crippen LogP contribution in [0.25, 0.3) is 0 Å². The van der Waals surface area contributed by atoms with Crippen LogP contribution in [0.3, 0.4) is 0 Å². The van der Waals surface area contributed by atoms with Crippen molar-refractivity contribution in [3.8, 4) is 5.75 Å². The number of benzene rings is 1. The van der Waals surface area contributed by atoms with Crippen LogP contribution in [0.1, 0.15) is 10.5 Å². The van der Waals surface area contributed by atoms with E-state index >= 15 is 0 Å². The van der Waals surface area contributed by atoms with Crippen LogP contribution >= 0.6 is 0 Å². The molecule has 3 rings (SSSR count). The van der Waals surface area contributed by atoms with Gasteiger partial charge in [0.25, 0.3) is 5.91 Å². The summed E-state index contributed by atoms with van der Waals surface area (Å²) in [7, 11) is 1.60. The molecule has 0 aliphatic heterocycles. The van der Waals surface area contributed by atoms with Crippen molar-refractivity contribution in [2.75, 3.05) is 17.7 Å². The first-order chi connectivity index (χ1) is 11.7. The van der Waals surface area contributed by atoms with Crippen molar-refractivity contribution < 1.29 is 13.9 Å². The van der Waals surface area contributed by atoms with E-state index in [1.807, 2.05) is 24.3 Å². The molecule has 7 nitrogen and oxygen atoms in total. The number of aromatic nitrogens is 3. The monoisotopic (exact) mass is 327 g/mol. The van der Waals surface area contributed by atoms with Crippen LogP contribution < -0.4 is 15.4 Å². The number of nitrogens with one attached hydrogen (secondary N) is 3. The molecule has 0 unspecified atom stereocenters. The number of carbonyl (C=O) groups excluding carboxylic acids is 1. The van der Waals surface area contributed by atoms with Crippen LogP contribution in [0.5, 0.6) is 5.75 Å². The molecule has 122 valence electrons. The Balaban J connectivity index is 1.67. The maximum absolute atomic E-state index is 13.3. The van der Waals surface area contributed by atoms with Gasteiger partial charge in [-0.05, 0) is 24.3 Å². The molecule has 1 amide bonds. The molecular weight excluding hydrogens is 313 g/mol. The van der Waals surface area contributed by atoms with Crippen molar-refractivity contribution in [1.29, 1.82) is 0 Å². The van der Waals surface area contributed by atoms with Crippen LogP contribution in [-0.4, -0.2) is 28.2 Å². The number of ether oxygens (including phenoxy) is 1. The van der Waals surface area contributed by atoms with E-state index < -0.39 is 11.7 Å². The number of hydrogen-bond donors (Lipinski definition) is 3. The maximum atomic E-state index is 13.3. The van der Waals surface area contributed by atoms with Crippen LogP contribution in [0, 0.1) is 5.82 Å². The minimum absolute atomic E-state index is 0.240. The van der Waals surface area contributed by atoms with E-state index in [4.69, 9.17) is 4.74 Å². The van der Waals surface area contributed by atoms with Crippen LogP contribution in [0.4, 0.5) is 21.6 Å². The third kappa shape index (κ3) is 3.49. The topological polar surface area (TPSA) is 91.9 Å². The lowest BCUT2D eigenvalue weighted by Gasteiger charge is -2.09. The predicted molar refractivity (Wildman–Crippen MR) is 87.0 cm³/mol. The van der Waals surface area contributed by atoms with Gasteiger partial charge >= 0.3 is 0 Å². The zero-order valence-corrected chi connectivity index (χ0v) is 12.7. The molecule has 0 saturated heterocycles. The standard InChI is InChI=1S/C16H14FN5O2/c1-24-12-4-2-3-10(7-12)20-11-5-6-14(18-8-11)21-16(23)15-13(17)9-19-22-15/h2-9,20H,1H3,(H,19,22)(H,18,21,23). The van der Waals surface area contributed by atoms with Crippen molar-refractivity contribution >= 4 is 23.1 Å². The predicted octanol–water partition coefficient (Wildman–Crippen LogP) is 2.95. The minimum atomic E-state index is -0.719. The molecule has 3 aromatic rings. The van der Waals surface area contributed by atoms with Gasteiger partial charge in [-0.2, -0.15) is 5.10 Å². The molecule has 0 aliphatic carbocycles. The number of halogens is 1. The van der Waals surface area contributed by atoms with E-state index in [9.17, 15) is 9.18 Å². The summed E-state index contributed by atoms with van der Waals surface area (Å²) in [6, 6.07) is 10.8. The summed E-state index contributed by atoms with van der Waals surface area (Å²) >= 11 is 0. The zero-order chi connectivity index (χ0) is 16.9. The SMILES string of the molecule is COc1cccc(Nc2ccc(NC(=O)c3[nH]ncc3F)nc2)c1. The van der Waals surface area contributed by atoms with E-state index in [1.165, 1.54) is 0 Å². The van der Waals surface area contributed by atoms with Crippen LogP contribution in [-0.2, 0) is 0 Å². The van der Waals surface area contributed by atoms with Crippen molar-refractivity contribution in [3.05, 3.63) is 60.3 Å². The lowest BCUT2D eigenvalue weighted by atomic mass is 10.3. The van der Waals surface area contributed by atoms with Gasteiger partial charge in [0.15, 0.2) is 11.5 Å². The van der Waals surface area contributed by atoms with Gasteiger partial charge in [-0.3, -0.25) is 9.89 Å². The first kappa shape index (κ1) is 15.5. The van der Waals surface area contributed by atoms with Gasteiger partial charge in [0.05, 0.1) is 25.2 Å². The Kier molecular flexibility index (Phi) is 4.37. The second kappa shape index (κ2) is 6.78. The van der Waals surface area contributed by atoms with Gasteiger partial charge in [0.1, 0.15) is 11.6 Å². The molecule has 3 N–H and O–H groups in total. The molecule has 2 aromatic heterocycles. The summed E-state index contributed by atoms with van der Waals surface area (Å²) in [5.74, 6) is -0.335. The molecule has 0 spiro atoms. The Labute approximate surface area is 136 Å². The maximum Gasteiger partial charge on any atom is 0.277 e. The number of hydrogen-bond acceptors (Lipinski definition) is 5. The molecule has 0 bridgehead atoms. The normalized spacial score (nSPS) is 10.2. The number of aromatic amines is 1. The average Bonchev–Trinajstić information content (AvgIpc) is 3.03. The third-order valence-electron chi connectivity index (χ3n) is 3.18. The molecule has 0 saturated carbocycles. The molecular formula is C16H14FN5O2. The van der Waals surface area contributed by atoms with Crippen LogP contribution in [0.15, 0.2) is 48.8 Å². The fourth-order valence-electron chi connectivity index (χ4n) is 2.02. The fourth-order valence-corrected chi connectivity index (χ4v) is 2.02. The van der Waals surface area contributed by atoms with Crippen molar-refractivity contribution in [1.82, 2.24) is 15.2 Å². The summed E-state index contributed by atoms with van der Waals surface area (Å²) in [4.78, 5) is 16.0. The molecule has 0 aliphatic rings. The number of rotatable bonds is 5. The van der Waals surface area contributed by atoms with Crippen molar-refractivity contribution in [2.45, 2.75) is 0 Å². The molecule has 0 fully saturated rings. The van der Waals surface area contributed by atoms with Gasteiger partial charge < -0.3 is 15.4 Å². The number of nitrogens with zero attached hydrogens (tertiary/aromatic N) is 2. The average molecular weight is 327 g/mol. The molecule has 2 heterocycles. The largest absolute Gasteiger partial charge is 0.497 e. The van der Waals surface area contributed by atoms with E-state index in [2.05, 4.69) is 25.8 Å². The fraction of sp³-hybridized carbons (Fsp3) is 0.0625. The first-order valence-electron chi connectivity index (χ1n) is 7.03. The number of methoxy groups -OCH3 is 1. The Morgan fingerprint density at radius 1 is 1.21 bits per heavy atom. The zero-order valence-electron chi connectivity index (χ0n) is 12.7. The Morgan fingerprint density at radius 3 is 2.75 bits per heavy atom. The summed E-state index contributed by atoms with van der Waals surface area (Å²) in [6.45, 7) is 0. The van der Waals surface area contributed by atoms with E-state index in [-0.39, 0.29) is 5.69 Å². The summed E-state index contributed by atoms with van der Waals surface area (Å²) in [5.41, 5.74) is 1.33. The quantitative estimate of drug-likeness (QED) is 0.670. The first-order valence-corrected chi connectivity index (χ1v) is 7.03. The smallest absolute Gasteiger partial charge is 0.277 e. The number of amides is 1. The highest BCUT2D eigenvalue weighted by molar-refractivity contribution is 6.02. The summed E-state index contributed by atoms with van der Waals surface area (Å²) in [5, 5.41) is 11.4. The van der Waals surface area contributed by atoms with Gasteiger partial charge in [-0.15, -0.1) is 0 Å². The van der Waals surface area contributed by atoms with Crippen molar-refractivity contribution in [2.24, 2.45) is 0 Å². The second-order valence-corrected chi connectivity index (χ2v) is 4.84. The molecule has 0 radical (unpaired) electrons. The molecule has 8 heteroatoms. The van der Waals surface area contributed by atoms with Gasteiger partial charge in [-0.1, -0.05) is 6.07 Å². The highest BCUT2D eigenvalue weighted by atomic mass is 19.1. The van der Waals surface area contributed by atoms with E-state index in [0.717, 1.165) is 23.3 Å². The summed E-state index contributed by atoms with van der Waals surface area (Å²) in [6.07, 6.45) is 2.49. The molecule has 0 atom stereocenters. The second-order valence-electron chi connectivity index (χ2n) is 4.84. The van der Waals surface area contributed by atoms with Gasteiger partial charge in [-0.25, -0.2) is 9.37 Å². The molecule has 24 heavy (non-hydrogen) atoms. The Morgan fingerprint density at radius 2 is 2.08 bits per heavy atom. The number of H-pyrrole nitrogens is 1. The Bertz CT molecular complexity index is 848. The summed E-state index contributed by atoms with van der Waals surface area (Å²) < 4.78 is 18.4. The van der Waals surface area contributed by atoms with Crippen molar-refractivity contribution in [3.63, 3.8) is 0 Å². The van der Waals surface area contributed by atoms with E-state index in [1.54, 1.807) is 25.4 Å². The Hall–Kier alpha value is -3.42. The third-order valence-corrected chi connectivity index (χ3v) is 3.18. The lowest BCUT2D eigenvalue weighted by Crippen LogP contribution is -2.14. The highest BCUT2D eigenvalue weighted by Gasteiger charge is 2.14. The highest BCUT2D eigenvalue weighted by Crippen LogP contribution is 2.21.